The molecule has 0 radical (unpaired) electrons. The van der Waals surface area contributed by atoms with Crippen molar-refractivity contribution in [2.24, 2.45) is 5.92 Å². The van der Waals surface area contributed by atoms with Gasteiger partial charge in [-0.2, -0.15) is 0 Å². The van der Waals surface area contributed by atoms with E-state index in [1.807, 2.05) is 13.8 Å². The molecule has 2 saturated heterocycles. The van der Waals surface area contributed by atoms with Crippen LogP contribution in [0.5, 0.6) is 0 Å². The summed E-state index contributed by atoms with van der Waals surface area (Å²) < 4.78 is 0. The lowest BCUT2D eigenvalue weighted by molar-refractivity contribution is -0.149. The summed E-state index contributed by atoms with van der Waals surface area (Å²) in [7, 11) is 0. The van der Waals surface area contributed by atoms with Gasteiger partial charge in [0.2, 0.25) is 17.7 Å². The fourth-order valence-corrected chi connectivity index (χ4v) is 4.46. The first-order valence-corrected chi connectivity index (χ1v) is 11.6. The highest BCUT2D eigenvalue weighted by Gasteiger charge is 2.38. The molecule has 2 aliphatic heterocycles. The van der Waals surface area contributed by atoms with Gasteiger partial charge in [-0.3, -0.25) is 14.4 Å². The van der Waals surface area contributed by atoms with Gasteiger partial charge in [-0.05, 0) is 44.6 Å². The molecular formula is C22H34N6O5. The molecular weight excluding hydrogens is 428 g/mol. The summed E-state index contributed by atoms with van der Waals surface area (Å²) >= 11 is 0. The fraction of sp³-hybridized carbons (Fsp3) is 0.682. The van der Waals surface area contributed by atoms with Crippen LogP contribution in [0.2, 0.25) is 0 Å². The number of hydrogen-bond acceptors (Lipinski definition) is 6. The minimum absolute atomic E-state index is 0.0912. The molecule has 2 fully saturated rings. The number of carbonyl (C=O) groups excluding carboxylic acids is 3. The molecule has 3 rings (SSSR count). The van der Waals surface area contributed by atoms with Crippen LogP contribution in [-0.4, -0.2) is 80.9 Å². The Hall–Kier alpha value is -2.95. The molecule has 0 spiro atoms. The molecule has 4 atom stereocenters. The Labute approximate surface area is 193 Å². The van der Waals surface area contributed by atoms with Crippen LogP contribution in [-0.2, 0) is 25.6 Å². The monoisotopic (exact) mass is 462 g/mol. The van der Waals surface area contributed by atoms with Crippen LogP contribution in [0, 0.1) is 5.92 Å². The van der Waals surface area contributed by atoms with E-state index in [0.29, 0.717) is 37.9 Å². The van der Waals surface area contributed by atoms with Gasteiger partial charge in [0.05, 0.1) is 12.4 Å². The second-order valence-corrected chi connectivity index (χ2v) is 9.21. The van der Waals surface area contributed by atoms with Crippen LogP contribution in [0.1, 0.15) is 51.6 Å². The number of carboxylic acids is 1. The molecule has 3 heterocycles. The SMILES string of the molecule is CC(C)CC(NC(=O)C(Cc1cnc[nH]1)NC(=O)C1CCCN1)C(=O)N1CCCC1C(=O)O. The molecule has 0 bridgehead atoms. The predicted octanol–water partition coefficient (Wildman–Crippen LogP) is -0.204. The van der Waals surface area contributed by atoms with E-state index in [2.05, 4.69) is 25.9 Å². The quantitative estimate of drug-likeness (QED) is 0.322. The number of nitrogens with zero attached hydrogens (tertiary/aromatic N) is 2. The maximum Gasteiger partial charge on any atom is 0.326 e. The normalized spacial score (nSPS) is 22.2. The van der Waals surface area contributed by atoms with E-state index in [9.17, 15) is 24.3 Å². The minimum atomic E-state index is -1.04. The fourth-order valence-electron chi connectivity index (χ4n) is 4.46. The molecule has 3 amide bonds. The van der Waals surface area contributed by atoms with E-state index >= 15 is 0 Å². The Morgan fingerprint density at radius 3 is 2.58 bits per heavy atom. The first-order valence-electron chi connectivity index (χ1n) is 11.6. The summed E-state index contributed by atoms with van der Waals surface area (Å²) in [6.45, 7) is 4.96. The zero-order valence-corrected chi connectivity index (χ0v) is 19.2. The van der Waals surface area contributed by atoms with E-state index < -0.39 is 35.9 Å². The third kappa shape index (κ3) is 6.53. The van der Waals surface area contributed by atoms with Crippen molar-refractivity contribution < 1.29 is 24.3 Å². The van der Waals surface area contributed by atoms with E-state index in [1.54, 1.807) is 6.20 Å². The Morgan fingerprint density at radius 2 is 1.97 bits per heavy atom. The van der Waals surface area contributed by atoms with Crippen molar-refractivity contribution in [2.45, 2.75) is 76.5 Å². The maximum absolute atomic E-state index is 13.3. The van der Waals surface area contributed by atoms with Gasteiger partial charge < -0.3 is 30.9 Å². The van der Waals surface area contributed by atoms with Crippen molar-refractivity contribution >= 4 is 23.7 Å². The zero-order valence-electron chi connectivity index (χ0n) is 19.2. The van der Waals surface area contributed by atoms with E-state index in [4.69, 9.17) is 0 Å². The number of carbonyl (C=O) groups is 4. The Kier molecular flexibility index (Phi) is 8.43. The second-order valence-electron chi connectivity index (χ2n) is 9.21. The van der Waals surface area contributed by atoms with E-state index in [1.165, 1.54) is 11.2 Å². The van der Waals surface area contributed by atoms with Crippen LogP contribution >= 0.6 is 0 Å². The predicted molar refractivity (Wildman–Crippen MR) is 119 cm³/mol. The second kappa shape index (κ2) is 11.3. The van der Waals surface area contributed by atoms with Crippen molar-refractivity contribution in [1.82, 2.24) is 30.8 Å². The van der Waals surface area contributed by atoms with E-state index in [-0.39, 0.29) is 24.3 Å². The highest BCUT2D eigenvalue weighted by Crippen LogP contribution is 2.20. The van der Waals surface area contributed by atoms with Crippen LogP contribution in [0.15, 0.2) is 12.5 Å². The van der Waals surface area contributed by atoms with Gasteiger partial charge in [-0.1, -0.05) is 13.8 Å². The number of hydrogen-bond donors (Lipinski definition) is 5. The largest absolute Gasteiger partial charge is 0.480 e. The first kappa shape index (κ1) is 24.7. The zero-order chi connectivity index (χ0) is 24.0. The summed E-state index contributed by atoms with van der Waals surface area (Å²) in [5, 5.41) is 18.2. The number of likely N-dealkylation sites (tertiary alicyclic amines) is 1. The number of H-pyrrole nitrogens is 1. The smallest absolute Gasteiger partial charge is 0.326 e. The number of amides is 3. The van der Waals surface area contributed by atoms with E-state index in [0.717, 1.165) is 13.0 Å². The van der Waals surface area contributed by atoms with Crippen molar-refractivity contribution in [3.05, 3.63) is 18.2 Å². The highest BCUT2D eigenvalue weighted by atomic mass is 16.4. The van der Waals surface area contributed by atoms with Crippen molar-refractivity contribution in [1.29, 1.82) is 0 Å². The topological polar surface area (TPSA) is 157 Å². The molecule has 1 aromatic heterocycles. The van der Waals surface area contributed by atoms with Gasteiger partial charge in [0.25, 0.3) is 0 Å². The third-order valence-corrected chi connectivity index (χ3v) is 6.13. The standard InChI is InChI=1S/C22H34N6O5/c1-13(2)9-17(21(31)28-8-4-6-18(28)22(32)33)27-20(30)16(10-14-11-23-12-25-14)26-19(29)15-5-3-7-24-15/h11-13,15-18,24H,3-10H2,1-2H3,(H,23,25)(H,26,29)(H,27,30)(H,32,33). The Bertz CT molecular complexity index is 836. The minimum Gasteiger partial charge on any atom is -0.480 e. The average Bonchev–Trinajstić information content (AvgIpc) is 3.54. The molecule has 0 aliphatic carbocycles. The number of aromatic nitrogens is 2. The number of carboxylic acid groups (broad SMARTS) is 1. The molecule has 11 heteroatoms. The molecule has 1 aromatic rings. The molecule has 5 N–H and O–H groups in total. The average molecular weight is 463 g/mol. The van der Waals surface area contributed by atoms with Crippen molar-refractivity contribution in [3.8, 4) is 0 Å². The van der Waals surface area contributed by atoms with Gasteiger partial charge in [0, 0.05) is 24.9 Å². The molecule has 33 heavy (non-hydrogen) atoms. The van der Waals surface area contributed by atoms with Gasteiger partial charge in [-0.25, -0.2) is 9.78 Å². The molecule has 2 aliphatic rings. The van der Waals surface area contributed by atoms with Gasteiger partial charge in [-0.15, -0.1) is 0 Å². The maximum atomic E-state index is 13.3. The van der Waals surface area contributed by atoms with Gasteiger partial charge in [0.1, 0.15) is 18.1 Å². The lowest BCUT2D eigenvalue weighted by atomic mass is 10.0. The lowest BCUT2D eigenvalue weighted by Gasteiger charge is -2.29. The molecule has 0 aromatic carbocycles. The van der Waals surface area contributed by atoms with Crippen molar-refractivity contribution in [2.75, 3.05) is 13.1 Å². The summed E-state index contributed by atoms with van der Waals surface area (Å²) in [6, 6.07) is -3.01. The van der Waals surface area contributed by atoms with Crippen LogP contribution < -0.4 is 16.0 Å². The van der Waals surface area contributed by atoms with Crippen molar-refractivity contribution in [3.63, 3.8) is 0 Å². The molecule has 11 nitrogen and oxygen atoms in total. The number of imidazole rings is 1. The number of aliphatic carboxylic acids is 1. The van der Waals surface area contributed by atoms with Crippen LogP contribution in [0.25, 0.3) is 0 Å². The summed E-state index contributed by atoms with van der Waals surface area (Å²) in [6.07, 6.45) is 6.23. The molecule has 0 saturated carbocycles. The summed E-state index contributed by atoms with van der Waals surface area (Å²) in [4.78, 5) is 59.0. The molecule has 4 unspecified atom stereocenters. The Morgan fingerprint density at radius 1 is 1.18 bits per heavy atom. The van der Waals surface area contributed by atoms with Gasteiger partial charge in [0.15, 0.2) is 0 Å². The van der Waals surface area contributed by atoms with Gasteiger partial charge >= 0.3 is 5.97 Å². The summed E-state index contributed by atoms with van der Waals surface area (Å²) in [5.41, 5.74) is 0.673. The third-order valence-electron chi connectivity index (χ3n) is 6.13. The summed E-state index contributed by atoms with van der Waals surface area (Å²) in [5.74, 6) is -2.09. The lowest BCUT2D eigenvalue weighted by Crippen LogP contribution is -2.57. The Balaban J connectivity index is 1.74. The number of rotatable bonds is 10. The molecule has 182 valence electrons. The number of aromatic amines is 1. The number of nitrogens with one attached hydrogen (secondary N) is 4. The van der Waals surface area contributed by atoms with Crippen LogP contribution in [0.4, 0.5) is 0 Å². The first-order chi connectivity index (χ1) is 15.8. The highest BCUT2D eigenvalue weighted by molar-refractivity contribution is 5.94. The van der Waals surface area contributed by atoms with Crippen LogP contribution in [0.3, 0.4) is 0 Å².